The van der Waals surface area contributed by atoms with E-state index in [2.05, 4.69) is 11.4 Å². The van der Waals surface area contributed by atoms with Gasteiger partial charge in [0.15, 0.2) is 0 Å². The monoisotopic (exact) mass is 290 g/mol. The van der Waals surface area contributed by atoms with Crippen molar-refractivity contribution in [2.75, 3.05) is 6.54 Å². The fourth-order valence-electron chi connectivity index (χ4n) is 2.58. The zero-order valence-corrected chi connectivity index (χ0v) is 12.5. The molecule has 0 bridgehead atoms. The van der Waals surface area contributed by atoms with Gasteiger partial charge in [0.1, 0.15) is 6.04 Å². The predicted octanol–water partition coefficient (Wildman–Crippen LogP) is 2.25. The summed E-state index contributed by atoms with van der Waals surface area (Å²) in [6.45, 7) is 4.92. The molecule has 2 atom stereocenters. The van der Waals surface area contributed by atoms with Crippen molar-refractivity contribution in [1.29, 1.82) is 0 Å². The highest BCUT2D eigenvalue weighted by Gasteiger charge is 2.28. The minimum atomic E-state index is -0.977. The summed E-state index contributed by atoms with van der Waals surface area (Å²) in [5.74, 6) is -1.07. The molecule has 5 nitrogen and oxygen atoms in total. The number of aliphatic carboxylic acids is 1. The van der Waals surface area contributed by atoms with E-state index in [9.17, 15) is 14.7 Å². The molecule has 1 heterocycles. The van der Waals surface area contributed by atoms with Crippen molar-refractivity contribution in [3.05, 3.63) is 35.4 Å². The summed E-state index contributed by atoms with van der Waals surface area (Å²) in [5, 5.41) is 11.9. The second kappa shape index (κ2) is 6.61. The van der Waals surface area contributed by atoms with Crippen LogP contribution in [0.15, 0.2) is 24.3 Å². The minimum absolute atomic E-state index is 0.0940. The summed E-state index contributed by atoms with van der Waals surface area (Å²) >= 11 is 0. The standard InChI is InChI=1S/C16H22N2O3/c1-3-11(2)14(15(19)20)17-16(21)18-9-8-12-6-4-5-7-13(12)10-18/h4-7,11,14H,3,8-10H2,1-2H3,(H,17,21)(H,19,20). The number of hydrogen-bond donors (Lipinski definition) is 2. The third kappa shape index (κ3) is 3.54. The molecular weight excluding hydrogens is 268 g/mol. The molecule has 114 valence electrons. The second-order valence-electron chi connectivity index (χ2n) is 5.59. The maximum absolute atomic E-state index is 12.3. The zero-order chi connectivity index (χ0) is 15.4. The quantitative estimate of drug-likeness (QED) is 0.893. The van der Waals surface area contributed by atoms with E-state index in [1.165, 1.54) is 5.56 Å². The summed E-state index contributed by atoms with van der Waals surface area (Å²) in [4.78, 5) is 25.3. The fraction of sp³-hybridized carbons (Fsp3) is 0.500. The van der Waals surface area contributed by atoms with Crippen molar-refractivity contribution in [2.45, 2.75) is 39.3 Å². The van der Waals surface area contributed by atoms with Crippen molar-refractivity contribution >= 4 is 12.0 Å². The maximum atomic E-state index is 12.3. The number of carboxylic acid groups (broad SMARTS) is 1. The average Bonchev–Trinajstić information content (AvgIpc) is 2.50. The molecule has 0 radical (unpaired) electrons. The number of rotatable bonds is 4. The van der Waals surface area contributed by atoms with Gasteiger partial charge in [-0.3, -0.25) is 0 Å². The van der Waals surface area contributed by atoms with E-state index < -0.39 is 12.0 Å². The van der Waals surface area contributed by atoms with Gasteiger partial charge in [-0.2, -0.15) is 0 Å². The van der Waals surface area contributed by atoms with Gasteiger partial charge >= 0.3 is 12.0 Å². The van der Waals surface area contributed by atoms with Crippen LogP contribution in [0.3, 0.4) is 0 Å². The first-order valence-electron chi connectivity index (χ1n) is 7.38. The van der Waals surface area contributed by atoms with Crippen LogP contribution in [0.2, 0.25) is 0 Å². The summed E-state index contributed by atoms with van der Waals surface area (Å²) in [6.07, 6.45) is 1.52. The molecule has 1 aliphatic rings. The molecule has 0 fully saturated rings. The molecular formula is C16H22N2O3. The van der Waals surface area contributed by atoms with Gasteiger partial charge in [-0.1, -0.05) is 44.5 Å². The third-order valence-electron chi connectivity index (χ3n) is 4.18. The van der Waals surface area contributed by atoms with Gasteiger partial charge in [0.2, 0.25) is 0 Å². The molecule has 0 aliphatic carbocycles. The number of hydrogen-bond acceptors (Lipinski definition) is 2. The number of nitrogens with zero attached hydrogens (tertiary/aromatic N) is 1. The average molecular weight is 290 g/mol. The predicted molar refractivity (Wildman–Crippen MR) is 80.0 cm³/mol. The normalized spacial score (nSPS) is 16.8. The Balaban J connectivity index is 2.03. The molecule has 0 spiro atoms. The van der Waals surface area contributed by atoms with Crippen molar-refractivity contribution in [3.8, 4) is 0 Å². The summed E-state index contributed by atoms with van der Waals surface area (Å²) in [5.41, 5.74) is 2.40. The molecule has 0 aromatic heterocycles. The lowest BCUT2D eigenvalue weighted by Gasteiger charge is -2.31. The van der Waals surface area contributed by atoms with Crippen LogP contribution in [0.25, 0.3) is 0 Å². The lowest BCUT2D eigenvalue weighted by molar-refractivity contribution is -0.140. The van der Waals surface area contributed by atoms with Crippen LogP contribution in [-0.2, 0) is 17.8 Å². The van der Waals surface area contributed by atoms with Gasteiger partial charge in [-0.25, -0.2) is 9.59 Å². The fourth-order valence-corrected chi connectivity index (χ4v) is 2.58. The van der Waals surface area contributed by atoms with Crippen LogP contribution in [0, 0.1) is 5.92 Å². The SMILES string of the molecule is CCC(C)C(NC(=O)N1CCc2ccccc2C1)C(=O)O. The van der Waals surface area contributed by atoms with Crippen molar-refractivity contribution in [3.63, 3.8) is 0 Å². The molecule has 2 amide bonds. The Morgan fingerprint density at radius 2 is 2.00 bits per heavy atom. The molecule has 0 saturated heterocycles. The second-order valence-corrected chi connectivity index (χ2v) is 5.59. The lowest BCUT2D eigenvalue weighted by atomic mass is 9.99. The Hall–Kier alpha value is -2.04. The number of carboxylic acids is 1. The van der Waals surface area contributed by atoms with E-state index in [0.717, 1.165) is 12.0 Å². The zero-order valence-electron chi connectivity index (χ0n) is 12.5. The van der Waals surface area contributed by atoms with E-state index >= 15 is 0 Å². The number of carbonyl (C=O) groups excluding carboxylic acids is 1. The number of nitrogens with one attached hydrogen (secondary N) is 1. The van der Waals surface area contributed by atoms with Gasteiger partial charge in [0.05, 0.1) is 0 Å². The van der Waals surface area contributed by atoms with Crippen LogP contribution in [0.4, 0.5) is 4.79 Å². The Bertz CT molecular complexity index is 530. The number of urea groups is 1. The number of carbonyl (C=O) groups is 2. The van der Waals surface area contributed by atoms with Crippen LogP contribution >= 0.6 is 0 Å². The van der Waals surface area contributed by atoms with E-state index in [4.69, 9.17) is 0 Å². The van der Waals surface area contributed by atoms with E-state index in [-0.39, 0.29) is 11.9 Å². The number of amides is 2. The van der Waals surface area contributed by atoms with Gasteiger partial charge in [0.25, 0.3) is 0 Å². The first-order chi connectivity index (χ1) is 10.0. The maximum Gasteiger partial charge on any atom is 0.326 e. The molecule has 5 heteroatoms. The summed E-state index contributed by atoms with van der Waals surface area (Å²) in [7, 11) is 0. The third-order valence-corrected chi connectivity index (χ3v) is 4.18. The smallest absolute Gasteiger partial charge is 0.326 e. The van der Waals surface area contributed by atoms with Gasteiger partial charge < -0.3 is 15.3 Å². The lowest BCUT2D eigenvalue weighted by Crippen LogP contribution is -2.51. The summed E-state index contributed by atoms with van der Waals surface area (Å²) < 4.78 is 0. The molecule has 1 aromatic carbocycles. The molecule has 1 aliphatic heterocycles. The van der Waals surface area contributed by atoms with E-state index in [0.29, 0.717) is 19.5 Å². The minimum Gasteiger partial charge on any atom is -0.480 e. The number of benzene rings is 1. The van der Waals surface area contributed by atoms with Crippen molar-refractivity contribution in [1.82, 2.24) is 10.2 Å². The molecule has 2 N–H and O–H groups in total. The van der Waals surface area contributed by atoms with E-state index in [1.54, 1.807) is 4.90 Å². The van der Waals surface area contributed by atoms with Crippen molar-refractivity contribution in [2.24, 2.45) is 5.92 Å². The number of fused-ring (bicyclic) bond motifs is 1. The molecule has 2 rings (SSSR count). The first-order valence-corrected chi connectivity index (χ1v) is 7.38. The largest absolute Gasteiger partial charge is 0.480 e. The van der Waals surface area contributed by atoms with Crippen molar-refractivity contribution < 1.29 is 14.7 Å². The van der Waals surface area contributed by atoms with Crippen LogP contribution in [0.5, 0.6) is 0 Å². The Morgan fingerprint density at radius 3 is 2.62 bits per heavy atom. The van der Waals surface area contributed by atoms with Crippen LogP contribution in [0.1, 0.15) is 31.4 Å². The van der Waals surface area contributed by atoms with Gasteiger partial charge in [-0.05, 0) is 23.5 Å². The molecule has 0 saturated carbocycles. The Kier molecular flexibility index (Phi) is 4.83. The van der Waals surface area contributed by atoms with Crippen LogP contribution in [-0.4, -0.2) is 34.6 Å². The molecule has 2 unspecified atom stereocenters. The first kappa shape index (κ1) is 15.4. The Morgan fingerprint density at radius 1 is 1.33 bits per heavy atom. The van der Waals surface area contributed by atoms with Crippen LogP contribution < -0.4 is 5.32 Å². The molecule has 21 heavy (non-hydrogen) atoms. The molecule has 1 aromatic rings. The van der Waals surface area contributed by atoms with E-state index in [1.807, 2.05) is 32.0 Å². The van der Waals surface area contributed by atoms with Gasteiger partial charge in [-0.15, -0.1) is 0 Å². The summed E-state index contributed by atoms with van der Waals surface area (Å²) in [6, 6.07) is 6.91. The topological polar surface area (TPSA) is 69.6 Å². The highest BCUT2D eigenvalue weighted by molar-refractivity contribution is 5.83. The van der Waals surface area contributed by atoms with Gasteiger partial charge in [0, 0.05) is 13.1 Å². The Labute approximate surface area is 125 Å². The highest BCUT2D eigenvalue weighted by Crippen LogP contribution is 2.19. The highest BCUT2D eigenvalue weighted by atomic mass is 16.4.